The first-order valence-corrected chi connectivity index (χ1v) is 13.9. The van der Waals surface area contributed by atoms with Crippen LogP contribution in [0.25, 0.3) is 0 Å². The van der Waals surface area contributed by atoms with Crippen LogP contribution in [0.3, 0.4) is 0 Å². The van der Waals surface area contributed by atoms with E-state index in [9.17, 15) is 5.11 Å². The van der Waals surface area contributed by atoms with Gasteiger partial charge >= 0.3 is 0 Å². The van der Waals surface area contributed by atoms with Crippen LogP contribution in [0.15, 0.2) is 0 Å². The molecule has 2 nitrogen and oxygen atoms in total. The molecule has 3 heteroatoms. The van der Waals surface area contributed by atoms with Gasteiger partial charge in [0.25, 0.3) is 0 Å². The van der Waals surface area contributed by atoms with Crippen LogP contribution in [0.5, 0.6) is 0 Å². The summed E-state index contributed by atoms with van der Waals surface area (Å²) >= 11 is 0. The summed E-state index contributed by atoms with van der Waals surface area (Å²) in [4.78, 5) is 0. The van der Waals surface area contributed by atoms with Crippen molar-refractivity contribution in [3.8, 4) is 0 Å². The van der Waals surface area contributed by atoms with Gasteiger partial charge in [-0.25, -0.2) is 0 Å². The number of hydrogen-bond acceptors (Lipinski definition) is 2. The van der Waals surface area contributed by atoms with Gasteiger partial charge in [0.2, 0.25) is 0 Å². The average molecular weight is 373 g/mol. The van der Waals surface area contributed by atoms with E-state index in [4.69, 9.17) is 4.43 Å². The molecule has 0 saturated carbocycles. The fraction of sp³-hybridized carbons (Fsp3) is 1.00. The highest BCUT2D eigenvalue weighted by molar-refractivity contribution is 6.74. The van der Waals surface area contributed by atoms with Crippen LogP contribution in [0.4, 0.5) is 0 Å². The summed E-state index contributed by atoms with van der Waals surface area (Å²) in [6.07, 6.45) is 17.0. The van der Waals surface area contributed by atoms with Crippen molar-refractivity contribution >= 4 is 8.32 Å². The maximum Gasteiger partial charge on any atom is 0.192 e. The molecule has 25 heavy (non-hydrogen) atoms. The van der Waals surface area contributed by atoms with Crippen molar-refractivity contribution in [2.24, 2.45) is 0 Å². The Labute approximate surface area is 160 Å². The monoisotopic (exact) mass is 372 g/mol. The fourth-order valence-electron chi connectivity index (χ4n) is 2.83. The van der Waals surface area contributed by atoms with Gasteiger partial charge in [-0.2, -0.15) is 0 Å². The summed E-state index contributed by atoms with van der Waals surface area (Å²) in [6, 6.07) is 0. The molecule has 0 aliphatic rings. The molecule has 0 aromatic carbocycles. The van der Waals surface area contributed by atoms with Gasteiger partial charge in [-0.15, -0.1) is 0 Å². The Hall–Kier alpha value is 0.137. The van der Waals surface area contributed by atoms with Crippen molar-refractivity contribution in [2.45, 2.75) is 135 Å². The standard InChI is InChI=1S/C22H48O2Si/c1-7-8-9-10-11-12-13-14-15-16-17-18-19-21(23)20-24-25(5,6)22(2,3)4/h21,23H,7-20H2,1-6H3. The first-order valence-electron chi connectivity index (χ1n) is 11.0. The second kappa shape index (κ2) is 14.2. The first-order chi connectivity index (χ1) is 11.7. The van der Waals surface area contributed by atoms with E-state index >= 15 is 0 Å². The Kier molecular flexibility index (Phi) is 14.3. The molecule has 0 rings (SSSR count). The van der Waals surface area contributed by atoms with Gasteiger partial charge in [0.15, 0.2) is 8.32 Å². The Balaban J connectivity index is 3.42. The molecule has 0 spiro atoms. The summed E-state index contributed by atoms with van der Waals surface area (Å²) in [5.41, 5.74) is 0. The van der Waals surface area contributed by atoms with E-state index in [0.717, 1.165) is 12.8 Å². The molecule has 1 unspecified atom stereocenters. The SMILES string of the molecule is CCCCCCCCCCCCCCC(O)CO[Si](C)(C)C(C)(C)C. The van der Waals surface area contributed by atoms with E-state index < -0.39 is 8.32 Å². The molecule has 0 radical (unpaired) electrons. The highest BCUT2D eigenvalue weighted by atomic mass is 28.4. The van der Waals surface area contributed by atoms with Crippen molar-refractivity contribution < 1.29 is 9.53 Å². The number of aliphatic hydroxyl groups excluding tert-OH is 1. The second-order valence-electron chi connectivity index (χ2n) is 9.40. The van der Waals surface area contributed by atoms with E-state index in [1.165, 1.54) is 70.6 Å². The number of rotatable bonds is 16. The van der Waals surface area contributed by atoms with Gasteiger partial charge in [-0.1, -0.05) is 105 Å². The Morgan fingerprint density at radius 1 is 0.760 bits per heavy atom. The summed E-state index contributed by atoms with van der Waals surface area (Å²) in [5, 5.41) is 10.4. The van der Waals surface area contributed by atoms with Crippen LogP contribution >= 0.6 is 0 Å². The van der Waals surface area contributed by atoms with Crippen LogP contribution in [0.1, 0.15) is 111 Å². The number of hydrogen-bond donors (Lipinski definition) is 1. The zero-order valence-corrected chi connectivity index (χ0v) is 19.3. The molecule has 0 aliphatic carbocycles. The van der Waals surface area contributed by atoms with Crippen LogP contribution in [0.2, 0.25) is 18.1 Å². The van der Waals surface area contributed by atoms with E-state index in [1.807, 2.05) is 0 Å². The third kappa shape index (κ3) is 13.9. The maximum absolute atomic E-state index is 10.1. The molecule has 0 aliphatic heterocycles. The largest absolute Gasteiger partial charge is 0.414 e. The van der Waals surface area contributed by atoms with Crippen molar-refractivity contribution in [3.63, 3.8) is 0 Å². The Morgan fingerprint density at radius 2 is 1.16 bits per heavy atom. The number of aliphatic hydroxyl groups is 1. The van der Waals surface area contributed by atoms with Crippen molar-refractivity contribution in [2.75, 3.05) is 6.61 Å². The molecule has 1 N–H and O–H groups in total. The second-order valence-corrected chi connectivity index (χ2v) is 14.2. The van der Waals surface area contributed by atoms with Gasteiger partial charge in [-0.3, -0.25) is 0 Å². The zero-order chi connectivity index (χ0) is 19.2. The molecule has 0 aromatic rings. The van der Waals surface area contributed by atoms with Gasteiger partial charge in [-0.05, 0) is 24.6 Å². The molecule has 0 aromatic heterocycles. The minimum Gasteiger partial charge on any atom is -0.414 e. The smallest absolute Gasteiger partial charge is 0.192 e. The normalized spacial score (nSPS) is 14.0. The lowest BCUT2D eigenvalue weighted by Crippen LogP contribution is -2.42. The van der Waals surface area contributed by atoms with Crippen LogP contribution < -0.4 is 0 Å². The minimum atomic E-state index is -1.71. The van der Waals surface area contributed by atoms with Crippen molar-refractivity contribution in [3.05, 3.63) is 0 Å². The third-order valence-electron chi connectivity index (χ3n) is 5.83. The molecular formula is C22H48O2Si. The average Bonchev–Trinajstić information content (AvgIpc) is 2.53. The van der Waals surface area contributed by atoms with E-state index in [1.54, 1.807) is 0 Å². The lowest BCUT2D eigenvalue weighted by Gasteiger charge is -2.36. The minimum absolute atomic E-state index is 0.225. The molecule has 0 heterocycles. The van der Waals surface area contributed by atoms with Crippen LogP contribution in [-0.4, -0.2) is 26.1 Å². The lowest BCUT2D eigenvalue weighted by atomic mass is 10.0. The first kappa shape index (κ1) is 25.1. The molecule has 1 atom stereocenters. The quantitative estimate of drug-likeness (QED) is 0.225. The Bertz CT molecular complexity index is 297. The molecule has 0 saturated heterocycles. The van der Waals surface area contributed by atoms with Crippen LogP contribution in [0, 0.1) is 0 Å². The molecular weight excluding hydrogens is 324 g/mol. The zero-order valence-electron chi connectivity index (χ0n) is 18.3. The van der Waals surface area contributed by atoms with E-state index in [-0.39, 0.29) is 11.1 Å². The van der Waals surface area contributed by atoms with Gasteiger partial charge in [0.05, 0.1) is 12.7 Å². The predicted octanol–water partition coefficient (Wildman–Crippen LogP) is 7.46. The summed E-state index contributed by atoms with van der Waals surface area (Å²) in [5.74, 6) is 0. The Morgan fingerprint density at radius 3 is 1.56 bits per heavy atom. The topological polar surface area (TPSA) is 29.5 Å². The third-order valence-corrected chi connectivity index (χ3v) is 10.3. The summed E-state index contributed by atoms with van der Waals surface area (Å²) in [7, 11) is -1.71. The molecule has 0 amide bonds. The van der Waals surface area contributed by atoms with Gasteiger partial charge in [0.1, 0.15) is 0 Å². The van der Waals surface area contributed by atoms with Crippen molar-refractivity contribution in [1.82, 2.24) is 0 Å². The van der Waals surface area contributed by atoms with Gasteiger partial charge in [0, 0.05) is 0 Å². The summed E-state index contributed by atoms with van der Waals surface area (Å²) in [6.45, 7) is 14.0. The van der Waals surface area contributed by atoms with E-state index in [2.05, 4.69) is 40.8 Å². The maximum atomic E-state index is 10.1. The predicted molar refractivity (Wildman–Crippen MR) is 115 cm³/mol. The molecule has 152 valence electrons. The lowest BCUT2D eigenvalue weighted by molar-refractivity contribution is 0.0905. The van der Waals surface area contributed by atoms with E-state index in [0.29, 0.717) is 6.61 Å². The highest BCUT2D eigenvalue weighted by Gasteiger charge is 2.37. The van der Waals surface area contributed by atoms with Crippen LogP contribution in [-0.2, 0) is 4.43 Å². The summed E-state index contributed by atoms with van der Waals surface area (Å²) < 4.78 is 6.10. The molecule has 0 bridgehead atoms. The van der Waals surface area contributed by atoms with Gasteiger partial charge < -0.3 is 9.53 Å². The molecule has 0 fully saturated rings. The number of unbranched alkanes of at least 4 members (excludes halogenated alkanes) is 11. The van der Waals surface area contributed by atoms with Crippen molar-refractivity contribution in [1.29, 1.82) is 0 Å². The highest BCUT2D eigenvalue weighted by Crippen LogP contribution is 2.36. The fourth-order valence-corrected chi connectivity index (χ4v) is 3.87.